The second-order valence-electron chi connectivity index (χ2n) is 8.95. The number of rotatable bonds is 3. The first-order valence-corrected chi connectivity index (χ1v) is 11.4. The molecule has 5 rings (SSSR count). The maximum Gasteiger partial charge on any atom is 0.262 e. The highest BCUT2D eigenvalue weighted by Crippen LogP contribution is 2.46. The first-order chi connectivity index (χ1) is 16.9. The van der Waals surface area contributed by atoms with Gasteiger partial charge in [-0.15, -0.1) is 0 Å². The largest absolute Gasteiger partial charge is 0.496 e. The van der Waals surface area contributed by atoms with Gasteiger partial charge in [-0.2, -0.15) is 0 Å². The monoisotopic (exact) mass is 474 g/mol. The van der Waals surface area contributed by atoms with Crippen molar-refractivity contribution in [3.05, 3.63) is 101 Å². The first kappa shape index (κ1) is 22.8. The number of ketones is 1. The van der Waals surface area contributed by atoms with Gasteiger partial charge in [-0.1, -0.05) is 31.2 Å². The second-order valence-corrected chi connectivity index (χ2v) is 8.95. The van der Waals surface area contributed by atoms with Gasteiger partial charge in [-0.05, 0) is 54.3 Å². The summed E-state index contributed by atoms with van der Waals surface area (Å²) in [4.78, 5) is 29.1. The van der Waals surface area contributed by atoms with Crippen LogP contribution in [0.25, 0.3) is 0 Å². The minimum Gasteiger partial charge on any atom is -0.496 e. The molecule has 0 fully saturated rings. The van der Waals surface area contributed by atoms with Gasteiger partial charge in [0.15, 0.2) is 5.78 Å². The molecule has 0 saturated heterocycles. The molecule has 1 amide bonds. The topological polar surface area (TPSA) is 58.6 Å². The van der Waals surface area contributed by atoms with Gasteiger partial charge in [0.1, 0.15) is 17.4 Å². The summed E-state index contributed by atoms with van der Waals surface area (Å²) in [6, 6.07) is 16.0. The molecule has 2 aliphatic rings. The molecule has 1 N–H and O–H groups in total. The van der Waals surface area contributed by atoms with Crippen molar-refractivity contribution >= 4 is 23.1 Å². The van der Waals surface area contributed by atoms with E-state index >= 15 is 0 Å². The van der Waals surface area contributed by atoms with E-state index in [2.05, 4.69) is 5.32 Å². The number of carbonyl (C=O) groups excluding carboxylic acids is 2. The van der Waals surface area contributed by atoms with Crippen LogP contribution >= 0.6 is 0 Å². The Morgan fingerprint density at radius 1 is 1.00 bits per heavy atom. The number of halogens is 2. The van der Waals surface area contributed by atoms with Gasteiger partial charge in [0.2, 0.25) is 0 Å². The first-order valence-electron chi connectivity index (χ1n) is 11.4. The number of anilines is 2. The van der Waals surface area contributed by atoms with Crippen LogP contribution < -0.4 is 15.0 Å². The Hall–Kier alpha value is -4.00. The second kappa shape index (κ2) is 8.98. The van der Waals surface area contributed by atoms with E-state index in [4.69, 9.17) is 4.74 Å². The summed E-state index contributed by atoms with van der Waals surface area (Å²) in [5.74, 6) is -1.74. The van der Waals surface area contributed by atoms with E-state index in [0.29, 0.717) is 34.8 Å². The number of para-hydroxylation sites is 3. The average molecular weight is 475 g/mol. The van der Waals surface area contributed by atoms with Crippen molar-refractivity contribution in [2.45, 2.75) is 25.8 Å². The smallest absolute Gasteiger partial charge is 0.262 e. The lowest BCUT2D eigenvalue weighted by Crippen LogP contribution is -2.38. The summed E-state index contributed by atoms with van der Waals surface area (Å²) in [5.41, 5.74) is 2.57. The Morgan fingerprint density at radius 3 is 2.43 bits per heavy atom. The molecule has 0 spiro atoms. The molecule has 0 aromatic heterocycles. The summed E-state index contributed by atoms with van der Waals surface area (Å²) in [6.45, 7) is 1.98. The van der Waals surface area contributed by atoms with Crippen LogP contribution in [0.4, 0.5) is 20.2 Å². The van der Waals surface area contributed by atoms with Crippen molar-refractivity contribution in [1.82, 2.24) is 0 Å². The molecule has 1 heterocycles. The Bertz CT molecular complexity index is 1350. The van der Waals surface area contributed by atoms with Crippen LogP contribution in [-0.2, 0) is 4.79 Å². The molecule has 1 aliphatic heterocycles. The Labute approximate surface area is 202 Å². The maximum atomic E-state index is 14.5. The molecule has 3 aromatic rings. The number of nitrogens with zero attached hydrogens (tertiary/aromatic N) is 1. The highest BCUT2D eigenvalue weighted by atomic mass is 19.1. The van der Waals surface area contributed by atoms with Crippen molar-refractivity contribution < 1.29 is 23.1 Å². The summed E-state index contributed by atoms with van der Waals surface area (Å²) < 4.78 is 34.3. The zero-order chi connectivity index (χ0) is 24.7. The van der Waals surface area contributed by atoms with Crippen LogP contribution in [0.5, 0.6) is 5.75 Å². The van der Waals surface area contributed by atoms with Gasteiger partial charge >= 0.3 is 0 Å². The number of hydrogen-bond donors (Lipinski definition) is 1. The number of methoxy groups -OCH3 is 1. The molecular weight excluding hydrogens is 450 g/mol. The molecule has 1 aliphatic carbocycles. The predicted octanol–water partition coefficient (Wildman–Crippen LogP) is 6.04. The van der Waals surface area contributed by atoms with E-state index in [0.717, 1.165) is 6.07 Å². The van der Waals surface area contributed by atoms with Crippen LogP contribution in [0.1, 0.15) is 41.7 Å². The predicted molar refractivity (Wildman–Crippen MR) is 129 cm³/mol. The third-order valence-electron chi connectivity index (χ3n) is 6.45. The fourth-order valence-electron chi connectivity index (χ4n) is 5.01. The number of ether oxygens (including phenoxy) is 1. The Kier molecular flexibility index (Phi) is 5.84. The molecule has 0 unspecified atom stereocenters. The highest BCUT2D eigenvalue weighted by Gasteiger charge is 2.41. The zero-order valence-corrected chi connectivity index (χ0v) is 19.3. The highest BCUT2D eigenvalue weighted by molar-refractivity contribution is 6.13. The molecule has 0 bridgehead atoms. The molecule has 0 radical (unpaired) electrons. The van der Waals surface area contributed by atoms with Crippen molar-refractivity contribution in [1.29, 1.82) is 0 Å². The van der Waals surface area contributed by atoms with E-state index in [1.54, 1.807) is 36.4 Å². The van der Waals surface area contributed by atoms with Gasteiger partial charge in [0.25, 0.3) is 5.91 Å². The zero-order valence-electron chi connectivity index (χ0n) is 19.3. The number of carbonyl (C=O) groups is 2. The van der Waals surface area contributed by atoms with Crippen LogP contribution in [0, 0.1) is 17.6 Å². The summed E-state index contributed by atoms with van der Waals surface area (Å²) >= 11 is 0. The molecule has 3 aromatic carbocycles. The fraction of sp³-hybridized carbons (Fsp3) is 0.214. The third-order valence-corrected chi connectivity index (χ3v) is 6.45. The SMILES string of the molecule is COc1ccccc1C(=O)N1c2ccccc2NC2=C(C(=O)C[C@@H](C)C2)[C@@H]1c1cc(F)cc(F)c1. The van der Waals surface area contributed by atoms with Gasteiger partial charge in [-0.25, -0.2) is 8.78 Å². The number of amides is 1. The Balaban J connectivity index is 1.82. The van der Waals surface area contributed by atoms with Gasteiger partial charge < -0.3 is 10.1 Å². The minimum atomic E-state index is -1.04. The number of fused-ring (bicyclic) bond motifs is 1. The molecule has 7 heteroatoms. The van der Waals surface area contributed by atoms with Gasteiger partial charge in [0, 0.05) is 23.8 Å². The maximum absolute atomic E-state index is 14.5. The standard InChI is InChI=1S/C28H24F2N2O3/c1-16-11-22-26(24(33)12-16)27(17-13-18(29)15-19(30)14-17)32(23-9-5-4-8-21(23)31-22)28(34)20-7-3-6-10-25(20)35-2/h3-10,13-16,27,31H,11-12H2,1-2H3/t16-,27-/m0/s1. The van der Waals surface area contributed by atoms with E-state index in [1.165, 1.54) is 24.1 Å². The Morgan fingerprint density at radius 2 is 1.69 bits per heavy atom. The minimum absolute atomic E-state index is 0.0854. The molecule has 178 valence electrons. The normalized spacial score (nSPS) is 19.4. The van der Waals surface area contributed by atoms with Gasteiger partial charge in [-0.3, -0.25) is 14.5 Å². The lowest BCUT2D eigenvalue weighted by atomic mass is 9.81. The van der Waals surface area contributed by atoms with Crippen molar-refractivity contribution in [2.24, 2.45) is 5.92 Å². The molecule has 0 saturated carbocycles. The average Bonchev–Trinajstić information content (AvgIpc) is 2.97. The molecule has 2 atom stereocenters. The van der Waals surface area contributed by atoms with Crippen molar-refractivity contribution in [3.8, 4) is 5.75 Å². The van der Waals surface area contributed by atoms with Crippen LogP contribution in [0.2, 0.25) is 0 Å². The van der Waals surface area contributed by atoms with Crippen molar-refractivity contribution in [3.63, 3.8) is 0 Å². The van der Waals surface area contributed by atoms with Gasteiger partial charge in [0.05, 0.1) is 30.1 Å². The fourth-order valence-corrected chi connectivity index (χ4v) is 5.01. The van der Waals surface area contributed by atoms with Crippen molar-refractivity contribution in [2.75, 3.05) is 17.3 Å². The summed E-state index contributed by atoms with van der Waals surface area (Å²) in [7, 11) is 1.47. The quantitative estimate of drug-likeness (QED) is 0.503. The van der Waals surface area contributed by atoms with Crippen LogP contribution in [0.3, 0.4) is 0 Å². The lowest BCUT2D eigenvalue weighted by Gasteiger charge is -2.35. The number of allylic oxidation sites excluding steroid dienone is 1. The van der Waals surface area contributed by atoms with E-state index in [1.807, 2.05) is 19.1 Å². The third kappa shape index (κ3) is 4.07. The summed E-state index contributed by atoms with van der Waals surface area (Å²) in [5, 5.41) is 3.36. The number of Topliss-reactive ketones (excluding diaryl/α,β-unsaturated/α-hetero) is 1. The summed E-state index contributed by atoms with van der Waals surface area (Å²) in [6.07, 6.45) is 0.849. The number of benzene rings is 3. The van der Waals surface area contributed by atoms with E-state index in [9.17, 15) is 18.4 Å². The molecular formula is C28H24F2N2O3. The van der Waals surface area contributed by atoms with E-state index < -0.39 is 23.6 Å². The van der Waals surface area contributed by atoms with E-state index in [-0.39, 0.29) is 29.2 Å². The lowest BCUT2D eigenvalue weighted by molar-refractivity contribution is -0.117. The number of hydrogen-bond acceptors (Lipinski definition) is 4. The number of nitrogens with one attached hydrogen (secondary N) is 1. The molecule has 35 heavy (non-hydrogen) atoms. The van der Waals surface area contributed by atoms with Crippen LogP contribution in [-0.4, -0.2) is 18.8 Å². The molecule has 5 nitrogen and oxygen atoms in total. The van der Waals surface area contributed by atoms with Crippen LogP contribution in [0.15, 0.2) is 78.0 Å².